The van der Waals surface area contributed by atoms with E-state index in [2.05, 4.69) is 82.9 Å². The van der Waals surface area contributed by atoms with E-state index in [1.807, 2.05) is 0 Å². The second kappa shape index (κ2) is 8.50. The van der Waals surface area contributed by atoms with Crippen molar-refractivity contribution in [2.45, 2.75) is 81.6 Å². The van der Waals surface area contributed by atoms with Gasteiger partial charge in [0.1, 0.15) is 0 Å². The fraction of sp³-hybridized carbons (Fsp3) is 0.636. The molecule has 3 aromatic rings. The van der Waals surface area contributed by atoms with Crippen molar-refractivity contribution < 1.29 is 0 Å². The first-order valence-corrected chi connectivity index (χ1v) is 32.3. The monoisotopic (exact) mass is 619 g/mol. The van der Waals surface area contributed by atoms with E-state index in [4.69, 9.17) is 0 Å². The molecule has 150 valence electrons. The van der Waals surface area contributed by atoms with Crippen molar-refractivity contribution >= 4 is 85.6 Å². The topological polar surface area (TPSA) is 4.93 Å². The molecule has 0 radical (unpaired) electrons. The summed E-state index contributed by atoms with van der Waals surface area (Å²) in [7, 11) is 0. The van der Waals surface area contributed by atoms with Crippen LogP contribution in [0.1, 0.15) is 52.0 Å². The summed E-state index contributed by atoms with van der Waals surface area (Å²) in [5.74, 6) is 0. The van der Waals surface area contributed by atoms with Crippen LogP contribution in [0.15, 0.2) is 12.1 Å². The Kier molecular flexibility index (Phi) is 7.08. The van der Waals surface area contributed by atoms with Gasteiger partial charge in [-0.15, -0.1) is 0 Å². The van der Waals surface area contributed by atoms with Crippen LogP contribution in [-0.4, -0.2) is 41.3 Å². The summed E-state index contributed by atoms with van der Waals surface area (Å²) in [6.45, 7) is 4.71. The van der Waals surface area contributed by atoms with Crippen molar-refractivity contribution in [2.24, 2.45) is 0 Å². The third-order valence-electron chi connectivity index (χ3n) is 5.61. The van der Waals surface area contributed by atoms with Gasteiger partial charge in [-0.2, -0.15) is 0 Å². The summed E-state index contributed by atoms with van der Waals surface area (Å²) in [5.41, 5.74) is 3.11. The molecule has 27 heavy (non-hydrogen) atoms. The molecule has 0 N–H and O–H groups in total. The summed E-state index contributed by atoms with van der Waals surface area (Å²) in [4.78, 5) is 15.4. The van der Waals surface area contributed by atoms with Crippen molar-refractivity contribution in [3.63, 3.8) is 0 Å². The van der Waals surface area contributed by atoms with Crippen LogP contribution in [0.3, 0.4) is 0 Å². The number of thiophene rings is 2. The van der Waals surface area contributed by atoms with E-state index in [1.165, 1.54) is 32.1 Å². The van der Waals surface area contributed by atoms with E-state index in [0.717, 1.165) is 0 Å². The van der Waals surface area contributed by atoms with Crippen LogP contribution < -0.4 is 5.79 Å². The molecule has 0 saturated heterocycles. The van der Waals surface area contributed by atoms with Gasteiger partial charge in [-0.05, 0) is 0 Å². The zero-order valence-corrected chi connectivity index (χ0v) is 25.9. The van der Waals surface area contributed by atoms with E-state index >= 15 is 0 Å². The molecule has 1 nitrogen and oxygen atoms in total. The average Bonchev–Trinajstić information content (AvgIpc) is 3.21. The molecule has 0 saturated carbocycles. The molecule has 3 rings (SSSR count). The molecule has 3 aromatic heterocycles. The second-order valence-corrected chi connectivity index (χ2v) is 43.0. The van der Waals surface area contributed by atoms with Crippen LogP contribution >= 0.6 is 22.7 Å². The van der Waals surface area contributed by atoms with E-state index < -0.39 is 36.8 Å². The van der Waals surface area contributed by atoms with Gasteiger partial charge in [0.2, 0.25) is 0 Å². The molecule has 0 aliphatic heterocycles. The Labute approximate surface area is 182 Å². The molecule has 0 bridgehead atoms. The number of nitrogens with zero attached hydrogens (tertiary/aromatic N) is 1. The second-order valence-electron chi connectivity index (χ2n) is 10.1. The van der Waals surface area contributed by atoms with Crippen LogP contribution in [0.25, 0.3) is 20.4 Å². The van der Waals surface area contributed by atoms with Crippen molar-refractivity contribution in [1.82, 2.24) is 4.57 Å². The molecule has 1 atom stereocenters. The minimum absolute atomic E-state index is 0.659. The van der Waals surface area contributed by atoms with Gasteiger partial charge in [-0.3, -0.25) is 0 Å². The molecule has 0 aliphatic carbocycles. The average molecular weight is 617 g/mol. The normalized spacial score (nSPS) is 14.5. The molecule has 0 fully saturated rings. The third-order valence-corrected chi connectivity index (χ3v) is 26.9. The van der Waals surface area contributed by atoms with Gasteiger partial charge in [0.05, 0.1) is 0 Å². The first kappa shape index (κ1) is 22.5. The van der Waals surface area contributed by atoms with Gasteiger partial charge in [0, 0.05) is 0 Å². The molecule has 0 aliphatic rings. The Morgan fingerprint density at radius 1 is 0.815 bits per heavy atom. The van der Waals surface area contributed by atoms with Crippen molar-refractivity contribution in [3.05, 3.63) is 12.1 Å². The van der Waals surface area contributed by atoms with Crippen LogP contribution in [-0.2, 0) is 0 Å². The van der Waals surface area contributed by atoms with E-state index in [1.54, 1.807) is 26.2 Å². The summed E-state index contributed by atoms with van der Waals surface area (Å²) in [5, 5.41) is 0. The summed E-state index contributed by atoms with van der Waals surface area (Å²) < 4.78 is 9.46. The van der Waals surface area contributed by atoms with E-state index in [9.17, 15) is 0 Å². The van der Waals surface area contributed by atoms with Crippen LogP contribution in [0.4, 0.5) is 0 Å². The molecule has 3 heterocycles. The van der Waals surface area contributed by atoms with Crippen LogP contribution in [0.5, 0.6) is 0 Å². The molecular weight excluding hydrogens is 580 g/mol. The van der Waals surface area contributed by atoms with Gasteiger partial charge < -0.3 is 0 Å². The number of hydrogen-bond donors (Lipinski definition) is 0. The maximum absolute atomic E-state index is 2.77. The van der Waals surface area contributed by atoms with Crippen molar-refractivity contribution in [3.8, 4) is 0 Å². The quantitative estimate of drug-likeness (QED) is 0.182. The first-order valence-electron chi connectivity index (χ1n) is 10.7. The van der Waals surface area contributed by atoms with Crippen LogP contribution in [0.2, 0.25) is 29.6 Å². The van der Waals surface area contributed by atoms with Crippen LogP contribution in [0, 0.1) is 0 Å². The molecule has 0 spiro atoms. The molecule has 1 unspecified atom stereocenters. The molecule has 0 amide bonds. The van der Waals surface area contributed by atoms with Gasteiger partial charge in [-0.25, -0.2) is 0 Å². The summed E-state index contributed by atoms with van der Waals surface area (Å²) in [6.07, 6.45) is 6.62. The summed E-state index contributed by atoms with van der Waals surface area (Å²) >= 11 is 0.195. The zero-order valence-electron chi connectivity index (χ0n) is 18.5. The van der Waals surface area contributed by atoms with Gasteiger partial charge in [0.15, 0.2) is 0 Å². The fourth-order valence-electron chi connectivity index (χ4n) is 3.85. The minimum atomic E-state index is -2.04. The molecular formula is C22H37NS2Sn2. The Hall–Kier alpha value is 0.797. The molecule has 0 aromatic carbocycles. The SMILES string of the molecule is CCCCCC(CC)n1c2c[c]([Sn]([CH3])([CH3])[CH3])sc2c2s[c]([Sn]([CH3])([CH3])[CH3])cc21. The zero-order chi connectivity index (χ0) is 20.0. The van der Waals surface area contributed by atoms with Crippen molar-refractivity contribution in [1.29, 1.82) is 0 Å². The predicted molar refractivity (Wildman–Crippen MR) is 135 cm³/mol. The van der Waals surface area contributed by atoms with Gasteiger partial charge in [-0.1, -0.05) is 0 Å². The number of aromatic nitrogens is 1. The van der Waals surface area contributed by atoms with Gasteiger partial charge >= 0.3 is 184 Å². The Morgan fingerprint density at radius 2 is 1.30 bits per heavy atom. The van der Waals surface area contributed by atoms with Gasteiger partial charge in [0.25, 0.3) is 0 Å². The number of hydrogen-bond acceptors (Lipinski definition) is 2. The fourth-order valence-corrected chi connectivity index (χ4v) is 16.7. The maximum atomic E-state index is 2.77. The number of fused-ring (bicyclic) bond motifs is 3. The third kappa shape index (κ3) is 4.61. The number of rotatable bonds is 8. The predicted octanol–water partition coefficient (Wildman–Crippen LogP) is 7.54. The standard InChI is InChI=1S/C16H19NS2.6CH3.2Sn/c1-3-5-6-7-12(4-2)17-13-8-10-18-15(13)16-14(17)9-11-19-16;;;;;;;;/h8-9,12H,3-7H2,1-2H3;6*1H3;;. The first-order chi connectivity index (χ1) is 12.6. The Morgan fingerprint density at radius 3 is 1.67 bits per heavy atom. The number of unbranched alkanes of at least 4 members (excludes halogenated alkanes) is 2. The Balaban J connectivity index is 2.22. The van der Waals surface area contributed by atoms with E-state index in [-0.39, 0.29) is 0 Å². The summed E-state index contributed by atoms with van der Waals surface area (Å²) in [6, 6.07) is 5.86. The molecule has 5 heteroatoms. The van der Waals surface area contributed by atoms with E-state index in [0.29, 0.717) is 6.04 Å². The van der Waals surface area contributed by atoms with Crippen molar-refractivity contribution in [2.75, 3.05) is 0 Å². The Bertz CT molecular complexity index is 852.